The lowest BCUT2D eigenvalue weighted by Gasteiger charge is -2.21. The van der Waals surface area contributed by atoms with Gasteiger partial charge in [0, 0.05) is 27.6 Å². The highest BCUT2D eigenvalue weighted by molar-refractivity contribution is 9.10. The molecule has 202 valence electrons. The first-order valence-corrected chi connectivity index (χ1v) is 12.7. The highest BCUT2D eigenvalue weighted by Gasteiger charge is 2.23. The van der Waals surface area contributed by atoms with Crippen LogP contribution in [0.15, 0.2) is 69.0 Å². The van der Waals surface area contributed by atoms with Crippen LogP contribution in [0.2, 0.25) is 0 Å². The number of ether oxygens (including phenoxy) is 3. The van der Waals surface area contributed by atoms with E-state index in [0.29, 0.717) is 45.1 Å². The SMILES string of the molecule is COc1cc(C=Nn2c(C(C)(C)C)nc3ccc(Br)cc3c2=O)cc(OC)c1OCc1cccc([N+](=O)[O-])c1. The van der Waals surface area contributed by atoms with E-state index in [-0.39, 0.29) is 17.9 Å². The zero-order chi connectivity index (χ0) is 28.3. The number of fused-ring (bicyclic) bond motifs is 1. The number of nitro groups is 1. The fraction of sp³-hybridized carbons (Fsp3) is 0.250. The summed E-state index contributed by atoms with van der Waals surface area (Å²) in [5.41, 5.74) is 1.02. The van der Waals surface area contributed by atoms with E-state index < -0.39 is 10.3 Å². The van der Waals surface area contributed by atoms with Crippen LogP contribution in [0.3, 0.4) is 0 Å². The summed E-state index contributed by atoms with van der Waals surface area (Å²) in [5, 5.41) is 16.0. The molecule has 0 aliphatic carbocycles. The molecule has 0 radical (unpaired) electrons. The minimum absolute atomic E-state index is 0.0259. The van der Waals surface area contributed by atoms with Crippen LogP contribution in [-0.4, -0.2) is 35.0 Å². The van der Waals surface area contributed by atoms with Gasteiger partial charge in [-0.25, -0.2) is 4.98 Å². The molecule has 0 N–H and O–H groups in total. The van der Waals surface area contributed by atoms with E-state index in [1.54, 1.807) is 36.4 Å². The van der Waals surface area contributed by atoms with Crippen LogP contribution >= 0.6 is 15.9 Å². The zero-order valence-electron chi connectivity index (χ0n) is 22.1. The van der Waals surface area contributed by atoms with E-state index in [2.05, 4.69) is 21.0 Å². The molecule has 0 saturated carbocycles. The molecule has 1 heterocycles. The summed E-state index contributed by atoms with van der Waals surface area (Å²) < 4.78 is 19.1. The molecule has 0 unspecified atom stereocenters. The van der Waals surface area contributed by atoms with Gasteiger partial charge in [-0.1, -0.05) is 48.8 Å². The van der Waals surface area contributed by atoms with Gasteiger partial charge in [0.25, 0.3) is 11.2 Å². The van der Waals surface area contributed by atoms with E-state index in [1.165, 1.54) is 37.2 Å². The summed E-state index contributed by atoms with van der Waals surface area (Å²) >= 11 is 3.42. The summed E-state index contributed by atoms with van der Waals surface area (Å²) in [6.07, 6.45) is 1.53. The van der Waals surface area contributed by atoms with E-state index in [0.717, 1.165) is 4.47 Å². The summed E-state index contributed by atoms with van der Waals surface area (Å²) in [5.74, 6) is 1.57. The van der Waals surface area contributed by atoms with Crippen LogP contribution in [0.25, 0.3) is 10.9 Å². The summed E-state index contributed by atoms with van der Waals surface area (Å²) in [6, 6.07) is 14.9. The largest absolute Gasteiger partial charge is 0.493 e. The lowest BCUT2D eigenvalue weighted by Crippen LogP contribution is -2.29. The Morgan fingerprint density at radius 2 is 1.77 bits per heavy atom. The number of benzene rings is 3. The van der Waals surface area contributed by atoms with Gasteiger partial charge < -0.3 is 14.2 Å². The Bertz CT molecular complexity index is 1620. The summed E-state index contributed by atoms with van der Waals surface area (Å²) in [4.78, 5) is 28.8. The smallest absolute Gasteiger partial charge is 0.282 e. The van der Waals surface area contributed by atoms with Crippen molar-refractivity contribution in [3.05, 3.63) is 96.5 Å². The fourth-order valence-electron chi connectivity index (χ4n) is 3.90. The van der Waals surface area contributed by atoms with Crippen molar-refractivity contribution >= 4 is 38.7 Å². The van der Waals surface area contributed by atoms with Crippen LogP contribution < -0.4 is 19.8 Å². The molecule has 4 rings (SSSR count). The quantitative estimate of drug-likeness (QED) is 0.143. The van der Waals surface area contributed by atoms with E-state index in [1.807, 2.05) is 26.8 Å². The Balaban J connectivity index is 1.72. The number of methoxy groups -OCH3 is 2. The predicted molar refractivity (Wildman–Crippen MR) is 152 cm³/mol. The topological polar surface area (TPSA) is 118 Å². The van der Waals surface area contributed by atoms with Crippen molar-refractivity contribution in [1.29, 1.82) is 0 Å². The van der Waals surface area contributed by atoms with Gasteiger partial charge in [0.05, 0.1) is 36.3 Å². The molecular weight excluding hydrogens is 568 g/mol. The predicted octanol–water partition coefficient (Wildman–Crippen LogP) is 5.84. The Morgan fingerprint density at radius 1 is 1.08 bits per heavy atom. The maximum absolute atomic E-state index is 13.4. The van der Waals surface area contributed by atoms with Crippen molar-refractivity contribution in [3.8, 4) is 17.2 Å². The molecule has 4 aromatic rings. The number of hydrogen-bond donors (Lipinski definition) is 0. The Labute approximate surface area is 233 Å². The Morgan fingerprint density at radius 3 is 2.38 bits per heavy atom. The van der Waals surface area contributed by atoms with Crippen molar-refractivity contribution in [2.24, 2.45) is 5.10 Å². The number of nitro benzene ring substituents is 1. The lowest BCUT2D eigenvalue weighted by atomic mass is 9.95. The number of aromatic nitrogens is 2. The van der Waals surface area contributed by atoms with Crippen LogP contribution in [0.1, 0.15) is 37.7 Å². The molecule has 10 nitrogen and oxygen atoms in total. The van der Waals surface area contributed by atoms with Crippen molar-refractivity contribution in [3.63, 3.8) is 0 Å². The molecule has 3 aromatic carbocycles. The third-order valence-electron chi connectivity index (χ3n) is 5.79. The molecule has 0 saturated heterocycles. The van der Waals surface area contributed by atoms with Crippen LogP contribution in [-0.2, 0) is 12.0 Å². The van der Waals surface area contributed by atoms with Crippen molar-refractivity contribution < 1.29 is 19.1 Å². The molecule has 0 spiro atoms. The Kier molecular flexibility index (Phi) is 8.01. The second kappa shape index (κ2) is 11.2. The second-order valence-electron chi connectivity index (χ2n) is 9.68. The zero-order valence-corrected chi connectivity index (χ0v) is 23.7. The van der Waals surface area contributed by atoms with Crippen LogP contribution in [0.4, 0.5) is 5.69 Å². The standard InChI is InChI=1S/C28H27BrN4O6/c1-28(2,3)27-31-22-10-9-19(29)14-21(22)26(34)32(27)30-15-18-12-23(37-4)25(24(13-18)38-5)39-16-17-7-6-8-20(11-17)33(35)36/h6-15H,16H2,1-5H3. The average Bonchev–Trinajstić information content (AvgIpc) is 2.90. The van der Waals surface area contributed by atoms with Crippen LogP contribution in [0, 0.1) is 10.1 Å². The lowest BCUT2D eigenvalue weighted by molar-refractivity contribution is -0.384. The molecular formula is C28H27BrN4O6. The summed E-state index contributed by atoms with van der Waals surface area (Å²) in [6.45, 7) is 5.95. The first-order valence-electron chi connectivity index (χ1n) is 11.9. The van der Waals surface area contributed by atoms with Gasteiger partial charge in [-0.05, 0) is 35.9 Å². The van der Waals surface area contributed by atoms with Gasteiger partial charge in [-0.15, -0.1) is 0 Å². The maximum atomic E-state index is 13.4. The molecule has 0 amide bonds. The molecule has 0 aliphatic rings. The van der Waals surface area contributed by atoms with Gasteiger partial charge in [-0.2, -0.15) is 9.78 Å². The molecule has 11 heteroatoms. The third-order valence-corrected chi connectivity index (χ3v) is 6.28. The molecule has 1 aromatic heterocycles. The Hall–Kier alpha value is -4.25. The van der Waals surface area contributed by atoms with Gasteiger partial charge in [0.2, 0.25) is 5.75 Å². The van der Waals surface area contributed by atoms with E-state index >= 15 is 0 Å². The third kappa shape index (κ3) is 6.09. The van der Waals surface area contributed by atoms with Gasteiger partial charge in [0.1, 0.15) is 12.4 Å². The van der Waals surface area contributed by atoms with Gasteiger partial charge in [0.15, 0.2) is 11.5 Å². The number of nitrogens with zero attached hydrogens (tertiary/aromatic N) is 4. The van der Waals surface area contributed by atoms with Crippen molar-refractivity contribution in [1.82, 2.24) is 9.66 Å². The highest BCUT2D eigenvalue weighted by atomic mass is 79.9. The molecule has 0 bridgehead atoms. The normalized spacial score (nSPS) is 11.6. The first-order chi connectivity index (χ1) is 18.5. The van der Waals surface area contributed by atoms with Crippen molar-refractivity contribution in [2.75, 3.05) is 14.2 Å². The van der Waals surface area contributed by atoms with E-state index in [4.69, 9.17) is 19.2 Å². The number of halogens is 1. The van der Waals surface area contributed by atoms with Crippen molar-refractivity contribution in [2.45, 2.75) is 32.8 Å². The maximum Gasteiger partial charge on any atom is 0.282 e. The minimum atomic E-state index is -0.461. The number of non-ortho nitro benzene ring substituents is 1. The average molecular weight is 595 g/mol. The first kappa shape index (κ1) is 27.8. The monoisotopic (exact) mass is 594 g/mol. The minimum Gasteiger partial charge on any atom is -0.493 e. The fourth-order valence-corrected chi connectivity index (χ4v) is 4.26. The second-order valence-corrected chi connectivity index (χ2v) is 10.6. The molecule has 39 heavy (non-hydrogen) atoms. The number of rotatable bonds is 8. The van der Waals surface area contributed by atoms with Gasteiger partial charge >= 0.3 is 0 Å². The van der Waals surface area contributed by atoms with Crippen LogP contribution in [0.5, 0.6) is 17.2 Å². The van der Waals surface area contributed by atoms with E-state index in [9.17, 15) is 14.9 Å². The molecule has 0 fully saturated rings. The molecule has 0 aliphatic heterocycles. The molecule has 0 atom stereocenters. The highest BCUT2D eigenvalue weighted by Crippen LogP contribution is 2.39. The summed E-state index contributed by atoms with van der Waals surface area (Å²) in [7, 11) is 2.98. The van der Waals surface area contributed by atoms with Gasteiger partial charge in [-0.3, -0.25) is 14.9 Å². The number of hydrogen-bond acceptors (Lipinski definition) is 8.